The number of benzene rings is 1. The van der Waals surface area contributed by atoms with Crippen molar-refractivity contribution in [1.82, 2.24) is 5.32 Å². The second-order valence-corrected chi connectivity index (χ2v) is 3.96. The normalized spacial score (nSPS) is 19.6. The van der Waals surface area contributed by atoms with E-state index >= 15 is 0 Å². The molecule has 2 N–H and O–H groups in total. The quantitative estimate of drug-likeness (QED) is 0.276. The summed E-state index contributed by atoms with van der Waals surface area (Å²) >= 11 is 0. The summed E-state index contributed by atoms with van der Waals surface area (Å²) in [6.07, 6.45) is 3.07. The topological polar surface area (TPSA) is 70.9 Å². The highest BCUT2D eigenvalue weighted by atomic mass is 16.5. The van der Waals surface area contributed by atoms with Crippen molar-refractivity contribution >= 4 is 12.2 Å². The van der Waals surface area contributed by atoms with Gasteiger partial charge in [-0.1, -0.05) is 29.4 Å². The Bertz CT molecular complexity index is 468. The van der Waals surface area contributed by atoms with Gasteiger partial charge < -0.3 is 15.3 Å². The monoisotopic (exact) mass is 246 g/mol. The highest BCUT2D eigenvalue weighted by Gasteiger charge is 2.21. The summed E-state index contributed by atoms with van der Waals surface area (Å²) in [5.41, 5.74) is 0.763. The maximum Gasteiger partial charge on any atom is 0.319 e. The van der Waals surface area contributed by atoms with E-state index in [1.54, 1.807) is 30.3 Å². The van der Waals surface area contributed by atoms with Crippen molar-refractivity contribution in [2.24, 2.45) is 11.1 Å². The number of esters is 1. The Kier molecular flexibility index (Phi) is 4.09. The molecule has 5 nitrogen and oxygen atoms in total. The molecule has 1 aromatic rings. The van der Waals surface area contributed by atoms with Gasteiger partial charge in [-0.3, -0.25) is 4.79 Å². The predicted octanol–water partition coefficient (Wildman–Crippen LogP) is 1.20. The van der Waals surface area contributed by atoms with E-state index in [2.05, 4.69) is 10.5 Å². The van der Waals surface area contributed by atoms with Crippen molar-refractivity contribution < 1.29 is 14.7 Å². The lowest BCUT2D eigenvalue weighted by Crippen LogP contribution is -2.35. The molecule has 0 amide bonds. The number of rotatable bonds is 3. The van der Waals surface area contributed by atoms with Crippen LogP contribution in [0.5, 0.6) is 5.75 Å². The standard InChI is InChI=1S/C13H14N2O3/c16-13(18-12-4-2-1-3-5-12)11-6-10(8-15-17)7-14-9-11/h1-6,8,11,14,17H,7,9H2. The Hall–Kier alpha value is -2.14. The average molecular weight is 246 g/mol. The molecule has 5 heteroatoms. The van der Waals surface area contributed by atoms with Gasteiger partial charge in [0.2, 0.25) is 0 Å². The molecule has 1 aliphatic rings. The first-order chi connectivity index (χ1) is 8.79. The molecule has 0 saturated heterocycles. The van der Waals surface area contributed by atoms with Gasteiger partial charge in [0.05, 0.1) is 12.1 Å². The van der Waals surface area contributed by atoms with Gasteiger partial charge in [0, 0.05) is 13.1 Å². The van der Waals surface area contributed by atoms with E-state index in [1.165, 1.54) is 6.21 Å². The van der Waals surface area contributed by atoms with Crippen LogP contribution in [0.2, 0.25) is 0 Å². The van der Waals surface area contributed by atoms with E-state index in [0.29, 0.717) is 18.8 Å². The van der Waals surface area contributed by atoms with Gasteiger partial charge in [0.15, 0.2) is 0 Å². The summed E-state index contributed by atoms with van der Waals surface area (Å²) in [5.74, 6) is -0.164. The second kappa shape index (κ2) is 5.97. The van der Waals surface area contributed by atoms with E-state index < -0.39 is 0 Å². The molecule has 1 aliphatic heterocycles. The summed E-state index contributed by atoms with van der Waals surface area (Å²) in [5, 5.41) is 14.5. The lowest BCUT2D eigenvalue weighted by molar-refractivity contribution is -0.137. The zero-order valence-corrected chi connectivity index (χ0v) is 9.74. The third-order valence-electron chi connectivity index (χ3n) is 2.60. The molecule has 94 valence electrons. The van der Waals surface area contributed by atoms with Crippen molar-refractivity contribution in [3.8, 4) is 5.75 Å². The summed E-state index contributed by atoms with van der Waals surface area (Å²) < 4.78 is 5.25. The first-order valence-electron chi connectivity index (χ1n) is 5.65. The molecule has 1 aromatic carbocycles. The minimum Gasteiger partial charge on any atom is -0.426 e. The largest absolute Gasteiger partial charge is 0.426 e. The van der Waals surface area contributed by atoms with Crippen LogP contribution in [0.3, 0.4) is 0 Å². The van der Waals surface area contributed by atoms with Gasteiger partial charge in [-0.25, -0.2) is 0 Å². The molecule has 0 aromatic heterocycles. The molecule has 1 heterocycles. The van der Waals surface area contributed by atoms with Gasteiger partial charge in [-0.2, -0.15) is 0 Å². The highest BCUT2D eigenvalue weighted by Crippen LogP contribution is 2.14. The Balaban J connectivity index is 2.03. The fraction of sp³-hybridized carbons (Fsp3) is 0.231. The Morgan fingerprint density at radius 3 is 2.94 bits per heavy atom. The van der Waals surface area contributed by atoms with Crippen LogP contribution in [0.15, 0.2) is 47.1 Å². The lowest BCUT2D eigenvalue weighted by Gasteiger charge is -2.19. The lowest BCUT2D eigenvalue weighted by atomic mass is 10.0. The van der Waals surface area contributed by atoms with E-state index in [-0.39, 0.29) is 11.9 Å². The molecule has 0 saturated carbocycles. The Morgan fingerprint density at radius 2 is 2.22 bits per heavy atom. The van der Waals surface area contributed by atoms with Crippen molar-refractivity contribution in [3.63, 3.8) is 0 Å². The molecule has 0 radical (unpaired) electrons. The van der Waals surface area contributed by atoms with Crippen molar-refractivity contribution in [3.05, 3.63) is 42.0 Å². The summed E-state index contributed by atoms with van der Waals surface area (Å²) in [7, 11) is 0. The molecule has 0 spiro atoms. The number of carbonyl (C=O) groups excluding carboxylic acids is 1. The van der Waals surface area contributed by atoms with Crippen molar-refractivity contribution in [2.45, 2.75) is 0 Å². The smallest absolute Gasteiger partial charge is 0.319 e. The summed E-state index contributed by atoms with van der Waals surface area (Å²) in [4.78, 5) is 11.9. The van der Waals surface area contributed by atoms with Crippen LogP contribution >= 0.6 is 0 Å². The molecular formula is C13H14N2O3. The zero-order valence-electron chi connectivity index (χ0n) is 9.74. The van der Waals surface area contributed by atoms with Crippen LogP contribution in [0.4, 0.5) is 0 Å². The maximum atomic E-state index is 11.9. The third kappa shape index (κ3) is 3.18. The zero-order chi connectivity index (χ0) is 12.8. The number of hydrogen-bond donors (Lipinski definition) is 2. The number of ether oxygens (including phenoxy) is 1. The number of para-hydroxylation sites is 1. The molecule has 0 fully saturated rings. The van der Waals surface area contributed by atoms with E-state index in [0.717, 1.165) is 5.57 Å². The Morgan fingerprint density at radius 1 is 1.44 bits per heavy atom. The molecule has 1 unspecified atom stereocenters. The SMILES string of the molecule is O=C(Oc1ccccc1)C1C=C(C=NO)CNC1. The van der Waals surface area contributed by atoms with Gasteiger partial charge in [0.25, 0.3) is 0 Å². The van der Waals surface area contributed by atoms with Gasteiger partial charge in [-0.15, -0.1) is 0 Å². The van der Waals surface area contributed by atoms with Gasteiger partial charge in [-0.05, 0) is 17.7 Å². The fourth-order valence-corrected chi connectivity index (χ4v) is 1.74. The van der Waals surface area contributed by atoms with E-state index in [4.69, 9.17) is 9.94 Å². The molecular weight excluding hydrogens is 232 g/mol. The molecule has 1 atom stereocenters. The predicted molar refractivity (Wildman–Crippen MR) is 66.8 cm³/mol. The van der Waals surface area contributed by atoms with Crippen LogP contribution < -0.4 is 10.1 Å². The van der Waals surface area contributed by atoms with E-state index in [1.807, 2.05) is 6.07 Å². The first kappa shape index (κ1) is 12.3. The fourth-order valence-electron chi connectivity index (χ4n) is 1.74. The van der Waals surface area contributed by atoms with E-state index in [9.17, 15) is 4.79 Å². The average Bonchev–Trinajstić information content (AvgIpc) is 2.40. The highest BCUT2D eigenvalue weighted by molar-refractivity contribution is 5.83. The summed E-state index contributed by atoms with van der Waals surface area (Å²) in [6, 6.07) is 8.93. The molecule has 0 aliphatic carbocycles. The molecule has 0 bridgehead atoms. The number of hydrogen-bond acceptors (Lipinski definition) is 5. The molecule has 2 rings (SSSR count). The Labute approximate surface area is 105 Å². The van der Waals surface area contributed by atoms with Crippen LogP contribution in [0, 0.1) is 5.92 Å². The number of oxime groups is 1. The van der Waals surface area contributed by atoms with Gasteiger partial charge >= 0.3 is 5.97 Å². The van der Waals surface area contributed by atoms with Crippen molar-refractivity contribution in [1.29, 1.82) is 0 Å². The number of nitrogens with zero attached hydrogens (tertiary/aromatic N) is 1. The second-order valence-electron chi connectivity index (χ2n) is 3.96. The van der Waals surface area contributed by atoms with Crippen LogP contribution in [-0.2, 0) is 4.79 Å². The van der Waals surface area contributed by atoms with Gasteiger partial charge in [0.1, 0.15) is 5.75 Å². The van der Waals surface area contributed by atoms with Crippen molar-refractivity contribution in [2.75, 3.05) is 13.1 Å². The first-order valence-corrected chi connectivity index (χ1v) is 5.65. The minimum absolute atomic E-state index is 0.322. The summed E-state index contributed by atoms with van der Waals surface area (Å²) in [6.45, 7) is 1.10. The molecule has 18 heavy (non-hydrogen) atoms. The number of nitrogens with one attached hydrogen (secondary N) is 1. The van der Waals surface area contributed by atoms with Crippen LogP contribution in [-0.4, -0.2) is 30.5 Å². The third-order valence-corrected chi connectivity index (χ3v) is 2.60. The number of carbonyl (C=O) groups is 1. The minimum atomic E-state index is -0.369. The maximum absolute atomic E-state index is 11.9. The van der Waals surface area contributed by atoms with Crippen LogP contribution in [0.25, 0.3) is 0 Å². The van der Waals surface area contributed by atoms with Crippen LogP contribution in [0.1, 0.15) is 0 Å².